The Balaban J connectivity index is 1.84. The Labute approximate surface area is 131 Å². The number of benzene rings is 2. The monoisotopic (exact) mass is 318 g/mol. The van der Waals surface area contributed by atoms with Gasteiger partial charge in [-0.25, -0.2) is 9.18 Å². The number of halogens is 1. The van der Waals surface area contributed by atoms with Gasteiger partial charge in [0.25, 0.3) is 0 Å². The highest BCUT2D eigenvalue weighted by atomic mass is 19.1. The number of rotatable bonds is 6. The van der Waals surface area contributed by atoms with E-state index in [0.717, 1.165) is 0 Å². The van der Waals surface area contributed by atoms with Crippen molar-refractivity contribution >= 4 is 17.7 Å². The van der Waals surface area contributed by atoms with Crippen molar-refractivity contribution < 1.29 is 23.8 Å². The molecule has 0 heterocycles. The van der Waals surface area contributed by atoms with E-state index in [2.05, 4.69) is 5.32 Å². The summed E-state index contributed by atoms with van der Waals surface area (Å²) in [6.45, 7) is -0.0981. The summed E-state index contributed by atoms with van der Waals surface area (Å²) in [4.78, 5) is 21.7. The SMILES string of the molecule is O=C(O)NCC(=O)Nc1ccc(OCc2cccc(F)c2)cc1. The molecule has 0 atom stereocenters. The maximum atomic E-state index is 13.0. The van der Waals surface area contributed by atoms with E-state index < -0.39 is 12.0 Å². The fourth-order valence-corrected chi connectivity index (χ4v) is 1.79. The molecule has 0 aromatic heterocycles. The highest BCUT2D eigenvalue weighted by molar-refractivity contribution is 5.93. The predicted molar refractivity (Wildman–Crippen MR) is 81.8 cm³/mol. The first-order valence-corrected chi connectivity index (χ1v) is 6.77. The van der Waals surface area contributed by atoms with Crippen LogP contribution in [0.4, 0.5) is 14.9 Å². The molecule has 3 N–H and O–H groups in total. The Hall–Kier alpha value is -3.09. The molecule has 0 saturated heterocycles. The Kier molecular flexibility index (Phi) is 5.51. The molecule has 0 aliphatic carbocycles. The quantitative estimate of drug-likeness (QED) is 0.764. The van der Waals surface area contributed by atoms with Crippen LogP contribution < -0.4 is 15.4 Å². The molecule has 0 aliphatic rings. The van der Waals surface area contributed by atoms with Crippen LogP contribution in [0.3, 0.4) is 0 Å². The topological polar surface area (TPSA) is 87.7 Å². The Bertz CT molecular complexity index is 689. The summed E-state index contributed by atoms with van der Waals surface area (Å²) in [5.74, 6) is -0.226. The van der Waals surface area contributed by atoms with Crippen LogP contribution in [0.1, 0.15) is 5.56 Å². The minimum Gasteiger partial charge on any atom is -0.489 e. The van der Waals surface area contributed by atoms with Crippen molar-refractivity contribution in [2.75, 3.05) is 11.9 Å². The van der Waals surface area contributed by atoms with E-state index in [0.29, 0.717) is 17.0 Å². The van der Waals surface area contributed by atoms with Crippen molar-refractivity contribution in [3.05, 3.63) is 59.9 Å². The third-order valence-corrected chi connectivity index (χ3v) is 2.83. The van der Waals surface area contributed by atoms with Gasteiger partial charge in [-0.1, -0.05) is 12.1 Å². The number of carbonyl (C=O) groups excluding carboxylic acids is 1. The van der Waals surface area contributed by atoms with Crippen LogP contribution in [-0.2, 0) is 11.4 Å². The van der Waals surface area contributed by atoms with Gasteiger partial charge in [-0.05, 0) is 42.0 Å². The molecule has 23 heavy (non-hydrogen) atoms. The lowest BCUT2D eigenvalue weighted by Crippen LogP contribution is -2.31. The zero-order chi connectivity index (χ0) is 16.7. The van der Waals surface area contributed by atoms with E-state index in [1.807, 2.05) is 5.32 Å². The average molecular weight is 318 g/mol. The maximum absolute atomic E-state index is 13.0. The first-order valence-electron chi connectivity index (χ1n) is 6.77. The van der Waals surface area contributed by atoms with Crippen molar-refractivity contribution in [1.82, 2.24) is 5.32 Å². The van der Waals surface area contributed by atoms with Crippen molar-refractivity contribution in [2.24, 2.45) is 0 Å². The molecule has 2 rings (SSSR count). The number of ether oxygens (including phenoxy) is 1. The zero-order valence-electron chi connectivity index (χ0n) is 12.1. The fourth-order valence-electron chi connectivity index (χ4n) is 1.79. The van der Waals surface area contributed by atoms with Gasteiger partial charge in [0.15, 0.2) is 0 Å². The minimum atomic E-state index is -1.26. The van der Waals surface area contributed by atoms with Gasteiger partial charge in [-0.3, -0.25) is 4.79 Å². The van der Waals surface area contributed by atoms with E-state index in [1.165, 1.54) is 12.1 Å². The first kappa shape index (κ1) is 16.3. The fraction of sp³-hybridized carbons (Fsp3) is 0.125. The molecule has 120 valence electrons. The van der Waals surface area contributed by atoms with Gasteiger partial charge >= 0.3 is 6.09 Å². The lowest BCUT2D eigenvalue weighted by molar-refractivity contribution is -0.115. The van der Waals surface area contributed by atoms with Gasteiger partial charge in [0.05, 0.1) is 0 Å². The Morgan fingerprint density at radius 1 is 1.13 bits per heavy atom. The second-order valence-corrected chi connectivity index (χ2v) is 4.65. The zero-order valence-corrected chi connectivity index (χ0v) is 12.1. The largest absolute Gasteiger partial charge is 0.489 e. The molecule has 0 spiro atoms. The lowest BCUT2D eigenvalue weighted by Gasteiger charge is -2.08. The third-order valence-electron chi connectivity index (χ3n) is 2.83. The highest BCUT2D eigenvalue weighted by Gasteiger charge is 2.04. The number of carbonyl (C=O) groups is 2. The van der Waals surface area contributed by atoms with Gasteiger partial charge in [0.1, 0.15) is 24.7 Å². The van der Waals surface area contributed by atoms with Crippen molar-refractivity contribution in [1.29, 1.82) is 0 Å². The van der Waals surface area contributed by atoms with E-state index in [-0.39, 0.29) is 19.0 Å². The molecule has 6 nitrogen and oxygen atoms in total. The summed E-state index contributed by atoms with van der Waals surface area (Å²) in [6, 6.07) is 12.7. The summed E-state index contributed by atoms with van der Waals surface area (Å²) in [5, 5.41) is 12.9. The number of anilines is 1. The van der Waals surface area contributed by atoms with Crippen LogP contribution >= 0.6 is 0 Å². The molecule has 0 unspecified atom stereocenters. The van der Waals surface area contributed by atoms with Crippen LogP contribution in [0.15, 0.2) is 48.5 Å². The van der Waals surface area contributed by atoms with Crippen molar-refractivity contribution in [3.63, 3.8) is 0 Å². The van der Waals surface area contributed by atoms with Crippen LogP contribution in [0, 0.1) is 5.82 Å². The molecule has 0 bridgehead atoms. The minimum absolute atomic E-state index is 0.228. The smallest absolute Gasteiger partial charge is 0.405 e. The number of hydrogen-bond acceptors (Lipinski definition) is 3. The van der Waals surface area contributed by atoms with Crippen LogP contribution in [0.25, 0.3) is 0 Å². The molecule has 2 aromatic carbocycles. The van der Waals surface area contributed by atoms with E-state index in [1.54, 1.807) is 36.4 Å². The summed E-state index contributed by atoms with van der Waals surface area (Å²) in [6.07, 6.45) is -1.26. The molecule has 0 aliphatic heterocycles. The molecule has 7 heteroatoms. The van der Waals surface area contributed by atoms with E-state index in [9.17, 15) is 14.0 Å². The standard InChI is InChI=1S/C16H15FN2O4/c17-12-3-1-2-11(8-12)10-23-14-6-4-13(5-7-14)19-15(20)9-18-16(21)22/h1-8,18H,9-10H2,(H,19,20)(H,21,22). The maximum Gasteiger partial charge on any atom is 0.405 e. The molecule has 0 saturated carbocycles. The normalized spacial score (nSPS) is 9.96. The molecule has 2 aromatic rings. The summed E-state index contributed by atoms with van der Waals surface area (Å²) in [7, 11) is 0. The van der Waals surface area contributed by atoms with Crippen molar-refractivity contribution in [2.45, 2.75) is 6.61 Å². The number of nitrogens with one attached hydrogen (secondary N) is 2. The molecule has 0 fully saturated rings. The van der Waals surface area contributed by atoms with Gasteiger partial charge < -0.3 is 20.5 Å². The lowest BCUT2D eigenvalue weighted by atomic mass is 10.2. The van der Waals surface area contributed by atoms with Crippen LogP contribution in [0.5, 0.6) is 5.75 Å². The van der Waals surface area contributed by atoms with Gasteiger partial charge in [-0.2, -0.15) is 0 Å². The molecular formula is C16H15FN2O4. The molecule has 0 radical (unpaired) electrons. The second kappa shape index (κ2) is 7.79. The van der Waals surface area contributed by atoms with Crippen molar-refractivity contribution in [3.8, 4) is 5.75 Å². The van der Waals surface area contributed by atoms with Crippen LogP contribution in [0.2, 0.25) is 0 Å². The summed E-state index contributed by atoms with van der Waals surface area (Å²) < 4.78 is 18.6. The van der Waals surface area contributed by atoms with Gasteiger partial charge in [0, 0.05) is 5.69 Å². The molecular weight excluding hydrogens is 303 g/mol. The first-order chi connectivity index (χ1) is 11.0. The number of hydrogen-bond donors (Lipinski definition) is 3. The highest BCUT2D eigenvalue weighted by Crippen LogP contribution is 2.17. The summed E-state index contributed by atoms with van der Waals surface area (Å²) in [5.41, 5.74) is 1.22. The number of carboxylic acid groups (broad SMARTS) is 1. The Morgan fingerprint density at radius 3 is 2.52 bits per heavy atom. The van der Waals surface area contributed by atoms with Crippen LogP contribution in [-0.4, -0.2) is 23.7 Å². The third kappa shape index (κ3) is 5.66. The summed E-state index contributed by atoms with van der Waals surface area (Å²) >= 11 is 0. The average Bonchev–Trinajstić information content (AvgIpc) is 2.52. The van der Waals surface area contributed by atoms with E-state index in [4.69, 9.17) is 9.84 Å². The van der Waals surface area contributed by atoms with Gasteiger partial charge in [-0.15, -0.1) is 0 Å². The number of amides is 2. The van der Waals surface area contributed by atoms with E-state index >= 15 is 0 Å². The molecule has 2 amide bonds. The Morgan fingerprint density at radius 2 is 1.87 bits per heavy atom. The second-order valence-electron chi connectivity index (χ2n) is 4.65. The predicted octanol–water partition coefficient (Wildman–Crippen LogP) is 2.61. The van der Waals surface area contributed by atoms with Gasteiger partial charge in [0.2, 0.25) is 5.91 Å².